The topological polar surface area (TPSA) is 9.23 Å². The Morgan fingerprint density at radius 3 is 2.37 bits per heavy atom. The van der Waals surface area contributed by atoms with Crippen molar-refractivity contribution in [3.8, 4) is 5.75 Å². The molecule has 0 aliphatic rings. The van der Waals surface area contributed by atoms with Gasteiger partial charge in [-0.15, -0.1) is 0 Å². The molecule has 0 aliphatic carbocycles. The molecular weight excluding hydrogens is 246 g/mol. The van der Waals surface area contributed by atoms with Gasteiger partial charge in [-0.2, -0.15) is 0 Å². The largest absolute Gasteiger partial charge is 0.489 e. The summed E-state index contributed by atoms with van der Waals surface area (Å²) in [5.41, 5.74) is 1.12. The van der Waals surface area contributed by atoms with Crippen molar-refractivity contribution >= 4 is 0 Å². The van der Waals surface area contributed by atoms with Crippen LogP contribution >= 0.6 is 0 Å². The first kappa shape index (κ1) is 13.5. The summed E-state index contributed by atoms with van der Waals surface area (Å²) < 4.78 is 32.3. The smallest absolute Gasteiger partial charge is 0.132 e. The van der Waals surface area contributed by atoms with Crippen LogP contribution in [0.3, 0.4) is 0 Å². The van der Waals surface area contributed by atoms with Gasteiger partial charge in [-0.1, -0.05) is 31.5 Å². The lowest BCUT2D eigenvalue weighted by Crippen LogP contribution is -2.02. The first-order chi connectivity index (χ1) is 9.20. The summed E-state index contributed by atoms with van der Waals surface area (Å²) in [6.07, 6.45) is 2.01. The summed E-state index contributed by atoms with van der Waals surface area (Å²) in [4.78, 5) is 0. The van der Waals surface area contributed by atoms with Gasteiger partial charge in [-0.25, -0.2) is 8.78 Å². The van der Waals surface area contributed by atoms with E-state index in [1.807, 2.05) is 18.2 Å². The van der Waals surface area contributed by atoms with Crippen molar-refractivity contribution < 1.29 is 13.5 Å². The zero-order valence-corrected chi connectivity index (χ0v) is 10.8. The van der Waals surface area contributed by atoms with Crippen LogP contribution in [-0.2, 0) is 13.0 Å². The highest BCUT2D eigenvalue weighted by Gasteiger charge is 2.09. The van der Waals surface area contributed by atoms with Crippen molar-refractivity contribution in [2.75, 3.05) is 0 Å². The first-order valence-electron chi connectivity index (χ1n) is 6.35. The third-order valence-corrected chi connectivity index (χ3v) is 2.88. The second-order valence-corrected chi connectivity index (χ2v) is 4.39. The lowest BCUT2D eigenvalue weighted by atomic mass is 10.1. The van der Waals surface area contributed by atoms with Gasteiger partial charge in [-0.05, 0) is 36.2 Å². The predicted octanol–water partition coefficient (Wildman–Crippen LogP) is 4.50. The fourth-order valence-corrected chi connectivity index (χ4v) is 1.91. The Hall–Kier alpha value is -1.90. The highest BCUT2D eigenvalue weighted by Crippen LogP contribution is 2.18. The van der Waals surface area contributed by atoms with Crippen molar-refractivity contribution in [2.45, 2.75) is 26.4 Å². The van der Waals surface area contributed by atoms with Crippen LogP contribution < -0.4 is 4.74 Å². The van der Waals surface area contributed by atoms with Crippen LogP contribution in [0.4, 0.5) is 8.78 Å². The van der Waals surface area contributed by atoms with E-state index in [0.29, 0.717) is 5.75 Å². The minimum Gasteiger partial charge on any atom is -0.489 e. The van der Waals surface area contributed by atoms with E-state index in [2.05, 4.69) is 6.92 Å². The maximum Gasteiger partial charge on any atom is 0.132 e. The standard InChI is InChI=1S/C16H16F2O/c1-2-5-12-6-3-7-13(10-12)19-11-14-15(17)8-4-9-16(14)18/h3-4,6-10H,2,5,11H2,1H3. The second kappa shape index (κ2) is 6.32. The Bertz CT molecular complexity index is 532. The molecule has 0 atom stereocenters. The van der Waals surface area contributed by atoms with Crippen molar-refractivity contribution in [3.05, 3.63) is 65.2 Å². The summed E-state index contributed by atoms with van der Waals surface area (Å²) in [5, 5.41) is 0. The molecule has 19 heavy (non-hydrogen) atoms. The third kappa shape index (κ3) is 3.53. The Balaban J connectivity index is 2.08. The minimum absolute atomic E-state index is 0.0385. The molecule has 100 valence electrons. The summed E-state index contributed by atoms with van der Waals surface area (Å²) in [7, 11) is 0. The highest BCUT2D eigenvalue weighted by molar-refractivity contribution is 5.29. The molecule has 2 aromatic carbocycles. The monoisotopic (exact) mass is 262 g/mol. The van der Waals surface area contributed by atoms with Gasteiger partial charge in [0.15, 0.2) is 0 Å². The SMILES string of the molecule is CCCc1cccc(OCc2c(F)cccc2F)c1. The van der Waals surface area contributed by atoms with Gasteiger partial charge >= 0.3 is 0 Å². The van der Waals surface area contributed by atoms with E-state index in [-0.39, 0.29) is 12.2 Å². The molecule has 0 N–H and O–H groups in total. The number of halogens is 2. The molecule has 0 saturated heterocycles. The lowest BCUT2D eigenvalue weighted by molar-refractivity contribution is 0.292. The molecule has 3 heteroatoms. The molecule has 0 amide bonds. The van der Waals surface area contributed by atoms with E-state index in [9.17, 15) is 8.78 Å². The van der Waals surface area contributed by atoms with Crippen LogP contribution in [0.2, 0.25) is 0 Å². The van der Waals surface area contributed by atoms with E-state index < -0.39 is 11.6 Å². The van der Waals surface area contributed by atoms with Crippen LogP contribution in [0, 0.1) is 11.6 Å². The molecular formula is C16H16F2O. The summed E-state index contributed by atoms with van der Waals surface area (Å²) in [6.45, 7) is 2.00. The van der Waals surface area contributed by atoms with Crippen molar-refractivity contribution in [2.24, 2.45) is 0 Å². The lowest BCUT2D eigenvalue weighted by Gasteiger charge is -2.09. The van der Waals surface area contributed by atoms with Gasteiger partial charge in [0, 0.05) is 0 Å². The number of hydrogen-bond acceptors (Lipinski definition) is 1. The normalized spacial score (nSPS) is 10.5. The quantitative estimate of drug-likeness (QED) is 0.771. The average Bonchev–Trinajstić information content (AvgIpc) is 2.39. The van der Waals surface area contributed by atoms with Crippen molar-refractivity contribution in [1.82, 2.24) is 0 Å². The average molecular weight is 262 g/mol. The molecule has 1 nitrogen and oxygen atoms in total. The highest BCUT2D eigenvalue weighted by atomic mass is 19.1. The maximum absolute atomic E-state index is 13.4. The Labute approximate surface area is 111 Å². The van der Waals surface area contributed by atoms with Gasteiger partial charge in [0.25, 0.3) is 0 Å². The Kier molecular flexibility index (Phi) is 4.50. The molecule has 0 aromatic heterocycles. The Morgan fingerprint density at radius 2 is 1.68 bits per heavy atom. The van der Waals surface area contributed by atoms with Crippen molar-refractivity contribution in [1.29, 1.82) is 0 Å². The van der Waals surface area contributed by atoms with Gasteiger partial charge < -0.3 is 4.74 Å². The minimum atomic E-state index is -0.579. The number of rotatable bonds is 5. The molecule has 0 heterocycles. The number of hydrogen-bond donors (Lipinski definition) is 0. The van der Waals surface area contributed by atoms with E-state index >= 15 is 0 Å². The maximum atomic E-state index is 13.4. The van der Waals surface area contributed by atoms with Gasteiger partial charge in [0.1, 0.15) is 24.0 Å². The Morgan fingerprint density at radius 1 is 1.00 bits per heavy atom. The molecule has 0 fully saturated rings. The van der Waals surface area contributed by atoms with Crippen LogP contribution in [0.5, 0.6) is 5.75 Å². The molecule has 0 radical (unpaired) electrons. The number of ether oxygens (including phenoxy) is 1. The number of benzene rings is 2. The third-order valence-electron chi connectivity index (χ3n) is 2.88. The van der Waals surface area contributed by atoms with Crippen LogP contribution in [0.25, 0.3) is 0 Å². The summed E-state index contributed by atoms with van der Waals surface area (Å²) >= 11 is 0. The zero-order chi connectivity index (χ0) is 13.7. The zero-order valence-electron chi connectivity index (χ0n) is 10.8. The van der Waals surface area contributed by atoms with Gasteiger partial charge in [0.2, 0.25) is 0 Å². The van der Waals surface area contributed by atoms with E-state index in [4.69, 9.17) is 4.74 Å². The molecule has 0 bridgehead atoms. The fraction of sp³-hybridized carbons (Fsp3) is 0.250. The molecule has 2 aromatic rings. The molecule has 0 aliphatic heterocycles. The van der Waals surface area contributed by atoms with Gasteiger partial charge in [-0.3, -0.25) is 0 Å². The summed E-state index contributed by atoms with van der Waals surface area (Å²) in [6, 6.07) is 11.4. The molecule has 2 rings (SSSR count). The molecule has 0 spiro atoms. The first-order valence-corrected chi connectivity index (χ1v) is 6.35. The fourth-order valence-electron chi connectivity index (χ4n) is 1.91. The van der Waals surface area contributed by atoms with Crippen molar-refractivity contribution in [3.63, 3.8) is 0 Å². The van der Waals surface area contributed by atoms with Crippen LogP contribution in [-0.4, -0.2) is 0 Å². The summed E-state index contributed by atoms with van der Waals surface area (Å²) in [5.74, 6) is -0.525. The van der Waals surface area contributed by atoms with Gasteiger partial charge in [0.05, 0.1) is 5.56 Å². The molecule has 0 unspecified atom stereocenters. The van der Waals surface area contributed by atoms with E-state index in [1.165, 1.54) is 18.2 Å². The van der Waals surface area contributed by atoms with Crippen LogP contribution in [0.1, 0.15) is 24.5 Å². The predicted molar refractivity (Wildman–Crippen MR) is 71.1 cm³/mol. The van der Waals surface area contributed by atoms with Crippen LogP contribution in [0.15, 0.2) is 42.5 Å². The van der Waals surface area contributed by atoms with E-state index in [0.717, 1.165) is 18.4 Å². The molecule has 0 saturated carbocycles. The van der Waals surface area contributed by atoms with E-state index in [1.54, 1.807) is 6.07 Å². The number of aryl methyl sites for hydroxylation is 1. The second-order valence-electron chi connectivity index (χ2n) is 4.39.